The first-order valence-electron chi connectivity index (χ1n) is 8.81. The Balaban J connectivity index is 1.61. The van der Waals surface area contributed by atoms with Crippen molar-refractivity contribution in [2.24, 2.45) is 0 Å². The summed E-state index contributed by atoms with van der Waals surface area (Å²) in [6, 6.07) is 13.6. The number of hydrogen-bond donors (Lipinski definition) is 1. The number of aryl methyl sites for hydroxylation is 1. The van der Waals surface area contributed by atoms with Gasteiger partial charge in [0.15, 0.2) is 0 Å². The predicted octanol–water partition coefficient (Wildman–Crippen LogP) is 4.91. The summed E-state index contributed by atoms with van der Waals surface area (Å²) < 4.78 is 5.77. The molecule has 30 heavy (non-hydrogen) atoms. The molecule has 2 heterocycles. The highest BCUT2D eigenvalue weighted by atomic mass is 35.5. The number of nitro groups is 1. The van der Waals surface area contributed by atoms with E-state index in [1.54, 1.807) is 43.3 Å². The molecule has 1 aliphatic rings. The number of amides is 3. The first-order chi connectivity index (χ1) is 14.3. The number of non-ortho nitro benzene ring substituents is 1. The number of rotatable bonds is 4. The molecule has 1 saturated heterocycles. The van der Waals surface area contributed by atoms with E-state index < -0.39 is 16.9 Å². The molecular formula is C21H14ClN3O5. The molecule has 0 saturated carbocycles. The third kappa shape index (κ3) is 3.56. The molecule has 0 spiro atoms. The zero-order chi connectivity index (χ0) is 21.4. The van der Waals surface area contributed by atoms with Crippen LogP contribution in [0.25, 0.3) is 17.4 Å². The number of benzene rings is 2. The number of furan rings is 1. The van der Waals surface area contributed by atoms with E-state index in [1.165, 1.54) is 24.3 Å². The summed E-state index contributed by atoms with van der Waals surface area (Å²) in [5.41, 5.74) is 1.77. The van der Waals surface area contributed by atoms with Gasteiger partial charge in [0.1, 0.15) is 17.2 Å². The van der Waals surface area contributed by atoms with Crippen molar-refractivity contribution in [3.63, 3.8) is 0 Å². The van der Waals surface area contributed by atoms with Crippen LogP contribution in [0, 0.1) is 17.0 Å². The maximum absolute atomic E-state index is 12.7. The minimum absolute atomic E-state index is 0.00878. The molecule has 3 aromatic rings. The molecular weight excluding hydrogens is 410 g/mol. The lowest BCUT2D eigenvalue weighted by atomic mass is 10.1. The van der Waals surface area contributed by atoms with E-state index in [2.05, 4.69) is 5.32 Å². The van der Waals surface area contributed by atoms with Crippen molar-refractivity contribution >= 4 is 41.0 Å². The SMILES string of the molecule is Cc1cc([N+](=O)[O-])ccc1-c1ccc(/C=C2\NC(=O)N(c3cccc(Cl)c3)C2=O)o1. The van der Waals surface area contributed by atoms with Crippen molar-refractivity contribution < 1.29 is 18.9 Å². The Kier molecular flexibility index (Phi) is 4.85. The fourth-order valence-corrected chi connectivity index (χ4v) is 3.32. The Morgan fingerprint density at radius 3 is 2.63 bits per heavy atom. The van der Waals surface area contributed by atoms with E-state index in [-0.39, 0.29) is 11.4 Å². The summed E-state index contributed by atoms with van der Waals surface area (Å²) in [6.45, 7) is 1.74. The van der Waals surface area contributed by atoms with Gasteiger partial charge in [-0.1, -0.05) is 17.7 Å². The second-order valence-electron chi connectivity index (χ2n) is 6.57. The summed E-state index contributed by atoms with van der Waals surface area (Å²) in [6.07, 6.45) is 1.43. The van der Waals surface area contributed by atoms with Crippen molar-refractivity contribution in [3.05, 3.63) is 86.8 Å². The molecule has 0 radical (unpaired) electrons. The van der Waals surface area contributed by atoms with Gasteiger partial charge in [-0.05, 0) is 48.9 Å². The summed E-state index contributed by atoms with van der Waals surface area (Å²) in [5.74, 6) is 0.295. The van der Waals surface area contributed by atoms with Crippen molar-refractivity contribution in [3.8, 4) is 11.3 Å². The van der Waals surface area contributed by atoms with Gasteiger partial charge in [-0.15, -0.1) is 0 Å². The number of hydrogen-bond acceptors (Lipinski definition) is 5. The first-order valence-corrected chi connectivity index (χ1v) is 9.19. The second kappa shape index (κ2) is 7.49. The number of nitro benzene ring substituents is 1. The molecule has 3 amide bonds. The molecule has 1 aromatic heterocycles. The molecule has 1 aliphatic heterocycles. The standard InChI is InChI=1S/C21H14ClN3O5/c1-12-9-15(25(28)29)5-7-17(12)19-8-6-16(30-19)11-18-20(26)24(21(27)23-18)14-4-2-3-13(22)10-14/h2-11H,1H3,(H,23,27)/b18-11-. The maximum Gasteiger partial charge on any atom is 0.333 e. The lowest BCUT2D eigenvalue weighted by molar-refractivity contribution is -0.384. The average molecular weight is 424 g/mol. The highest BCUT2D eigenvalue weighted by Crippen LogP contribution is 2.30. The van der Waals surface area contributed by atoms with E-state index in [0.717, 1.165) is 4.90 Å². The Morgan fingerprint density at radius 1 is 1.13 bits per heavy atom. The Morgan fingerprint density at radius 2 is 1.93 bits per heavy atom. The minimum atomic E-state index is -0.591. The van der Waals surface area contributed by atoms with Gasteiger partial charge in [-0.2, -0.15) is 0 Å². The highest BCUT2D eigenvalue weighted by molar-refractivity contribution is 6.32. The van der Waals surface area contributed by atoms with Gasteiger partial charge in [-0.3, -0.25) is 14.9 Å². The van der Waals surface area contributed by atoms with Crippen LogP contribution < -0.4 is 10.2 Å². The monoisotopic (exact) mass is 423 g/mol. The van der Waals surface area contributed by atoms with Crippen molar-refractivity contribution in [1.29, 1.82) is 0 Å². The third-order valence-electron chi connectivity index (χ3n) is 4.54. The number of anilines is 1. The molecule has 0 bridgehead atoms. The first kappa shape index (κ1) is 19.4. The maximum atomic E-state index is 12.7. The normalized spacial score (nSPS) is 15.0. The fraction of sp³-hybridized carbons (Fsp3) is 0.0476. The Bertz CT molecular complexity index is 1230. The summed E-state index contributed by atoms with van der Waals surface area (Å²) in [7, 11) is 0. The molecule has 0 aliphatic carbocycles. The quantitative estimate of drug-likeness (QED) is 0.277. The van der Waals surface area contributed by atoms with E-state index in [1.807, 2.05) is 0 Å². The van der Waals surface area contributed by atoms with Gasteiger partial charge in [0.25, 0.3) is 11.6 Å². The lowest BCUT2D eigenvalue weighted by Crippen LogP contribution is -2.30. The third-order valence-corrected chi connectivity index (χ3v) is 4.78. The Hall–Kier alpha value is -3.91. The molecule has 2 aromatic carbocycles. The summed E-state index contributed by atoms with van der Waals surface area (Å²) in [5, 5.41) is 13.8. The van der Waals surface area contributed by atoms with Crippen molar-refractivity contribution in [1.82, 2.24) is 5.32 Å². The van der Waals surface area contributed by atoms with Crippen molar-refractivity contribution in [2.45, 2.75) is 6.92 Å². The second-order valence-corrected chi connectivity index (χ2v) is 7.00. The van der Waals surface area contributed by atoms with E-state index in [9.17, 15) is 19.7 Å². The number of carbonyl (C=O) groups excluding carboxylic acids is 2. The van der Waals surface area contributed by atoms with Gasteiger partial charge in [-0.25, -0.2) is 9.69 Å². The van der Waals surface area contributed by atoms with Gasteiger partial charge < -0.3 is 9.73 Å². The molecule has 0 atom stereocenters. The van der Waals surface area contributed by atoms with Crippen LogP contribution in [0.5, 0.6) is 0 Å². The highest BCUT2D eigenvalue weighted by Gasteiger charge is 2.35. The van der Waals surface area contributed by atoms with Crippen LogP contribution in [0.1, 0.15) is 11.3 Å². The fourth-order valence-electron chi connectivity index (χ4n) is 3.14. The zero-order valence-electron chi connectivity index (χ0n) is 15.6. The largest absolute Gasteiger partial charge is 0.457 e. The number of imide groups is 1. The summed E-state index contributed by atoms with van der Waals surface area (Å²) >= 11 is 5.95. The van der Waals surface area contributed by atoms with Crippen molar-refractivity contribution in [2.75, 3.05) is 4.90 Å². The number of carbonyl (C=O) groups is 2. The topological polar surface area (TPSA) is 106 Å². The van der Waals surface area contributed by atoms with Crippen LogP contribution in [0.15, 0.2) is 64.7 Å². The van der Waals surface area contributed by atoms with E-state index >= 15 is 0 Å². The summed E-state index contributed by atoms with van der Waals surface area (Å²) in [4.78, 5) is 36.4. The number of urea groups is 1. The Labute approximate surface area is 175 Å². The molecule has 9 heteroatoms. The van der Waals surface area contributed by atoms with E-state index in [0.29, 0.717) is 33.4 Å². The number of nitrogens with zero attached hydrogens (tertiary/aromatic N) is 2. The molecule has 4 rings (SSSR count). The van der Waals surface area contributed by atoms with Gasteiger partial charge in [0.05, 0.1) is 10.6 Å². The lowest BCUT2D eigenvalue weighted by Gasteiger charge is -2.11. The van der Waals surface area contributed by atoms with Crippen LogP contribution >= 0.6 is 11.6 Å². The zero-order valence-corrected chi connectivity index (χ0v) is 16.3. The predicted molar refractivity (Wildman–Crippen MR) is 111 cm³/mol. The number of halogens is 1. The molecule has 8 nitrogen and oxygen atoms in total. The number of nitrogens with one attached hydrogen (secondary N) is 1. The minimum Gasteiger partial charge on any atom is -0.457 e. The molecule has 150 valence electrons. The molecule has 1 N–H and O–H groups in total. The van der Waals surface area contributed by atoms with Crippen LogP contribution in [-0.2, 0) is 4.79 Å². The van der Waals surface area contributed by atoms with Crippen LogP contribution in [0.4, 0.5) is 16.2 Å². The van der Waals surface area contributed by atoms with Crippen LogP contribution in [0.3, 0.4) is 0 Å². The average Bonchev–Trinajstić information content (AvgIpc) is 3.26. The van der Waals surface area contributed by atoms with Crippen LogP contribution in [0.2, 0.25) is 5.02 Å². The smallest absolute Gasteiger partial charge is 0.333 e. The molecule has 1 fully saturated rings. The van der Waals surface area contributed by atoms with Gasteiger partial charge in [0.2, 0.25) is 0 Å². The van der Waals surface area contributed by atoms with Crippen LogP contribution in [-0.4, -0.2) is 16.9 Å². The van der Waals surface area contributed by atoms with Gasteiger partial charge >= 0.3 is 6.03 Å². The molecule has 0 unspecified atom stereocenters. The van der Waals surface area contributed by atoms with E-state index in [4.69, 9.17) is 16.0 Å². The van der Waals surface area contributed by atoms with Gasteiger partial charge in [0, 0.05) is 28.8 Å².